The summed E-state index contributed by atoms with van der Waals surface area (Å²) in [6.45, 7) is -0.286. The monoisotopic (exact) mass is 169 g/mol. The molecule has 0 fully saturated rings. The van der Waals surface area contributed by atoms with Crippen molar-refractivity contribution in [2.24, 2.45) is 11.1 Å². The average Bonchev–Trinajstić information content (AvgIpc) is 2.62. The van der Waals surface area contributed by atoms with Crippen molar-refractivity contribution in [3.63, 3.8) is 0 Å². The smallest absolute Gasteiger partial charge is 0.154 e. The van der Waals surface area contributed by atoms with E-state index in [1.54, 1.807) is 0 Å². The second kappa shape index (κ2) is 2.88. The van der Waals surface area contributed by atoms with E-state index in [0.29, 0.717) is 5.71 Å². The second-order valence-electron chi connectivity index (χ2n) is 3.05. The van der Waals surface area contributed by atoms with Crippen LogP contribution in [0.15, 0.2) is 17.3 Å². The average molecular weight is 169 g/mol. The molecule has 4 nitrogen and oxygen atoms in total. The minimum Gasteiger partial charge on any atom is -0.393 e. The second-order valence-corrected chi connectivity index (χ2v) is 3.05. The molecule has 0 bridgehead atoms. The molecule has 1 aliphatic carbocycles. The topological polar surface area (TPSA) is 62.0 Å². The lowest BCUT2D eigenvalue weighted by Gasteiger charge is -2.11. The lowest BCUT2D eigenvalue weighted by atomic mass is 9.96. The van der Waals surface area contributed by atoms with Crippen molar-refractivity contribution in [1.29, 1.82) is 0 Å². The summed E-state index contributed by atoms with van der Waals surface area (Å²) in [5.41, 5.74) is 0.576. The Labute approximate surface area is 70.1 Å². The zero-order chi connectivity index (χ0) is 8.55. The highest BCUT2D eigenvalue weighted by Crippen LogP contribution is 2.29. The molecule has 1 heterocycles. The third-order valence-corrected chi connectivity index (χ3v) is 2.29. The number of allylic oxidation sites excluding steroid dienone is 1. The maximum Gasteiger partial charge on any atom is 0.154 e. The van der Waals surface area contributed by atoms with Gasteiger partial charge < -0.3 is 15.1 Å². The van der Waals surface area contributed by atoms with Crippen LogP contribution in [0.2, 0.25) is 0 Å². The zero-order valence-electron chi connectivity index (χ0n) is 6.55. The molecule has 0 amide bonds. The van der Waals surface area contributed by atoms with Crippen LogP contribution in [0, 0.1) is 5.92 Å². The van der Waals surface area contributed by atoms with Gasteiger partial charge in [0.05, 0.1) is 18.2 Å². The number of nitrogens with zero attached hydrogens (tertiary/aromatic N) is 1. The van der Waals surface area contributed by atoms with Crippen LogP contribution in [0.1, 0.15) is 6.42 Å². The SMILES string of the molecule is OC[C@@H](O)C1=NOC2C=CCC12. The van der Waals surface area contributed by atoms with Crippen molar-refractivity contribution in [2.45, 2.75) is 18.6 Å². The number of fused-ring (bicyclic) bond motifs is 1. The van der Waals surface area contributed by atoms with E-state index in [9.17, 15) is 5.11 Å². The van der Waals surface area contributed by atoms with Crippen LogP contribution in [0.3, 0.4) is 0 Å². The summed E-state index contributed by atoms with van der Waals surface area (Å²) < 4.78 is 0. The first-order chi connectivity index (χ1) is 5.83. The van der Waals surface area contributed by atoms with Crippen LogP contribution in [0.25, 0.3) is 0 Å². The zero-order valence-corrected chi connectivity index (χ0v) is 6.55. The molecule has 0 aromatic rings. The molecule has 2 rings (SSSR count). The van der Waals surface area contributed by atoms with Gasteiger partial charge in [-0.15, -0.1) is 0 Å². The van der Waals surface area contributed by atoms with Crippen LogP contribution < -0.4 is 0 Å². The lowest BCUT2D eigenvalue weighted by molar-refractivity contribution is 0.104. The number of rotatable bonds is 2. The maximum absolute atomic E-state index is 9.32. The van der Waals surface area contributed by atoms with E-state index in [1.165, 1.54) is 0 Å². The Kier molecular flexibility index (Phi) is 1.86. The van der Waals surface area contributed by atoms with E-state index in [-0.39, 0.29) is 18.6 Å². The van der Waals surface area contributed by atoms with Crippen LogP contribution in [0.5, 0.6) is 0 Å². The van der Waals surface area contributed by atoms with E-state index in [1.807, 2.05) is 12.2 Å². The molecular weight excluding hydrogens is 158 g/mol. The molecule has 66 valence electrons. The first kappa shape index (κ1) is 7.76. The summed E-state index contributed by atoms with van der Waals surface area (Å²) in [7, 11) is 0. The van der Waals surface area contributed by atoms with Crippen molar-refractivity contribution in [1.82, 2.24) is 0 Å². The summed E-state index contributed by atoms with van der Waals surface area (Å²) in [5, 5.41) is 21.8. The van der Waals surface area contributed by atoms with E-state index in [0.717, 1.165) is 6.42 Å². The number of hydrogen-bond donors (Lipinski definition) is 2. The van der Waals surface area contributed by atoms with Gasteiger partial charge in [-0.25, -0.2) is 0 Å². The van der Waals surface area contributed by atoms with Crippen LogP contribution >= 0.6 is 0 Å². The maximum atomic E-state index is 9.32. The van der Waals surface area contributed by atoms with Gasteiger partial charge in [-0.1, -0.05) is 11.2 Å². The van der Waals surface area contributed by atoms with Crippen LogP contribution in [-0.4, -0.2) is 34.7 Å². The van der Waals surface area contributed by atoms with Crippen molar-refractivity contribution in [2.75, 3.05) is 6.61 Å². The Morgan fingerprint density at radius 2 is 2.58 bits per heavy atom. The lowest BCUT2D eigenvalue weighted by Crippen LogP contribution is -2.31. The molecule has 0 aromatic carbocycles. The van der Waals surface area contributed by atoms with E-state index < -0.39 is 6.10 Å². The molecule has 1 aliphatic heterocycles. The normalized spacial score (nSPS) is 34.3. The van der Waals surface area contributed by atoms with Crippen molar-refractivity contribution in [3.05, 3.63) is 12.2 Å². The third-order valence-electron chi connectivity index (χ3n) is 2.29. The molecule has 2 N–H and O–H groups in total. The molecule has 0 radical (unpaired) electrons. The number of aliphatic hydroxyl groups excluding tert-OH is 2. The summed E-state index contributed by atoms with van der Waals surface area (Å²) in [4.78, 5) is 5.04. The van der Waals surface area contributed by atoms with Crippen LogP contribution in [0.4, 0.5) is 0 Å². The Bertz CT molecular complexity index is 236. The molecule has 3 atom stereocenters. The first-order valence-corrected chi connectivity index (χ1v) is 4.02. The van der Waals surface area contributed by atoms with E-state index >= 15 is 0 Å². The van der Waals surface area contributed by atoms with Crippen molar-refractivity contribution >= 4 is 5.71 Å². The molecule has 4 heteroatoms. The van der Waals surface area contributed by atoms with Gasteiger partial charge in [-0.05, 0) is 12.5 Å². The molecule has 12 heavy (non-hydrogen) atoms. The standard InChI is InChI=1S/C8H11NO3/c10-4-6(11)8-5-2-1-3-7(5)12-9-8/h1,3,5-7,10-11H,2,4H2/t5?,6-,7?/m1/s1. The fourth-order valence-electron chi connectivity index (χ4n) is 1.62. The van der Waals surface area contributed by atoms with Gasteiger partial charge in [0.2, 0.25) is 0 Å². The van der Waals surface area contributed by atoms with Gasteiger partial charge in [0.25, 0.3) is 0 Å². The predicted molar refractivity (Wildman–Crippen MR) is 42.6 cm³/mol. The fraction of sp³-hybridized carbons (Fsp3) is 0.625. The Morgan fingerprint density at radius 1 is 1.75 bits per heavy atom. The molecule has 0 aromatic heterocycles. The van der Waals surface area contributed by atoms with Gasteiger partial charge >= 0.3 is 0 Å². The van der Waals surface area contributed by atoms with E-state index in [4.69, 9.17) is 9.94 Å². The van der Waals surface area contributed by atoms with Crippen LogP contribution in [-0.2, 0) is 4.84 Å². The van der Waals surface area contributed by atoms with Gasteiger partial charge in [0.15, 0.2) is 6.10 Å². The van der Waals surface area contributed by atoms with Gasteiger partial charge in [-0.3, -0.25) is 0 Å². The van der Waals surface area contributed by atoms with Gasteiger partial charge in [-0.2, -0.15) is 0 Å². The van der Waals surface area contributed by atoms with Gasteiger partial charge in [0, 0.05) is 0 Å². The number of hydrogen-bond acceptors (Lipinski definition) is 4. The Hall–Kier alpha value is -0.870. The van der Waals surface area contributed by atoms with Gasteiger partial charge in [0.1, 0.15) is 6.10 Å². The Balaban J connectivity index is 2.09. The summed E-state index contributed by atoms with van der Waals surface area (Å²) in [6.07, 6.45) is 3.92. The highest BCUT2D eigenvalue weighted by Gasteiger charge is 2.37. The minimum atomic E-state index is -0.861. The molecular formula is C8H11NO3. The Morgan fingerprint density at radius 3 is 3.33 bits per heavy atom. The molecule has 0 saturated heterocycles. The quantitative estimate of drug-likeness (QED) is 0.556. The van der Waals surface area contributed by atoms with Crippen molar-refractivity contribution < 1.29 is 15.1 Å². The highest BCUT2D eigenvalue weighted by molar-refractivity contribution is 5.92. The summed E-state index contributed by atoms with van der Waals surface area (Å²) >= 11 is 0. The molecule has 0 saturated carbocycles. The predicted octanol–water partition coefficient (Wildman–Crippen LogP) is -0.329. The summed E-state index contributed by atoms with van der Waals surface area (Å²) in [6, 6.07) is 0. The van der Waals surface area contributed by atoms with Crippen molar-refractivity contribution in [3.8, 4) is 0 Å². The van der Waals surface area contributed by atoms with E-state index in [2.05, 4.69) is 5.16 Å². The number of aliphatic hydroxyl groups is 2. The molecule has 2 unspecified atom stereocenters. The molecule has 2 aliphatic rings. The molecule has 0 spiro atoms. The highest BCUT2D eigenvalue weighted by atomic mass is 16.6. The largest absolute Gasteiger partial charge is 0.393 e. The fourth-order valence-corrected chi connectivity index (χ4v) is 1.62. The minimum absolute atomic E-state index is 0.0128. The summed E-state index contributed by atoms with van der Waals surface area (Å²) in [5.74, 6) is 0.146. The third kappa shape index (κ3) is 1.04. The first-order valence-electron chi connectivity index (χ1n) is 4.02. The number of oxime groups is 1.